The van der Waals surface area contributed by atoms with E-state index in [0.717, 1.165) is 4.90 Å². The molecule has 36 heavy (non-hydrogen) atoms. The van der Waals surface area contributed by atoms with Gasteiger partial charge in [-0.05, 0) is 23.8 Å². The van der Waals surface area contributed by atoms with E-state index in [1.54, 1.807) is 11.0 Å². The van der Waals surface area contributed by atoms with Crippen molar-refractivity contribution in [2.24, 2.45) is 10.7 Å². The molecule has 0 aliphatic carbocycles. The molecule has 1 aromatic rings. The minimum absolute atomic E-state index is 0.112. The zero-order valence-corrected chi connectivity index (χ0v) is 18.5. The average Bonchev–Trinajstić information content (AvgIpc) is 2.79. The number of hydrogen-bond donors (Lipinski definition) is 2. The maximum atomic E-state index is 12.6. The third-order valence-corrected chi connectivity index (χ3v) is 4.97. The van der Waals surface area contributed by atoms with Crippen LogP contribution >= 0.6 is 0 Å². The molecule has 0 radical (unpaired) electrons. The number of nitriles is 1. The molecule has 0 atom stereocenters. The second kappa shape index (κ2) is 11.8. The van der Waals surface area contributed by atoms with E-state index in [0.29, 0.717) is 16.7 Å². The highest BCUT2D eigenvalue weighted by Crippen LogP contribution is 2.36. The third-order valence-electron chi connectivity index (χ3n) is 4.97. The fourth-order valence-corrected chi connectivity index (χ4v) is 3.23. The lowest BCUT2D eigenvalue weighted by Crippen LogP contribution is -2.52. The monoisotopic (exact) mass is 521 g/mol. The van der Waals surface area contributed by atoms with Crippen molar-refractivity contribution >= 4 is 24.0 Å². The number of amides is 1. The number of aliphatic imine (C=N–C) groups is 1. The van der Waals surface area contributed by atoms with Gasteiger partial charge in [0.1, 0.15) is 6.54 Å². The highest BCUT2D eigenvalue weighted by Gasteiger charge is 2.60. The molecular formula is C21H21F6N5O4. The van der Waals surface area contributed by atoms with Crippen molar-refractivity contribution in [2.75, 3.05) is 32.7 Å². The lowest BCUT2D eigenvalue weighted by molar-refractivity contribution is -0.308. The number of carboxylic acid groups (broad SMARTS) is 1. The molecule has 3 N–H and O–H groups in total. The average molecular weight is 521 g/mol. The quantitative estimate of drug-likeness (QED) is 0.417. The van der Waals surface area contributed by atoms with Crippen LogP contribution in [-0.2, 0) is 16.1 Å². The number of alkyl halides is 6. The van der Waals surface area contributed by atoms with Crippen molar-refractivity contribution in [2.45, 2.75) is 25.0 Å². The van der Waals surface area contributed by atoms with Crippen LogP contribution in [0.15, 0.2) is 29.3 Å². The largest absolute Gasteiger partial charge is 0.480 e. The standard InChI is InChI=1S/C21H21F6N5O4/c22-20(23,24)18(21(25,26)27)36-19(35)32-7-5-31(6-8-32)12-14-2-1-13(10-28)9-15(14)16(29)3-4-30-11-17(33)34/h1-4,9,18H,5-8,11-12,29H2,(H,33,34). The van der Waals surface area contributed by atoms with Gasteiger partial charge >= 0.3 is 24.4 Å². The molecule has 1 saturated heterocycles. The highest BCUT2D eigenvalue weighted by atomic mass is 19.4. The number of piperazine rings is 1. The summed E-state index contributed by atoms with van der Waals surface area (Å²) in [6.07, 6.45) is -15.0. The van der Waals surface area contributed by atoms with Gasteiger partial charge < -0.3 is 20.5 Å². The number of aliphatic carboxylic acids is 1. The number of ether oxygens (including phenoxy) is 1. The van der Waals surface area contributed by atoms with Crippen molar-refractivity contribution in [3.05, 3.63) is 41.0 Å². The molecule has 1 aromatic carbocycles. The number of carbonyl (C=O) groups is 2. The minimum atomic E-state index is -5.80. The van der Waals surface area contributed by atoms with Crippen LogP contribution in [0, 0.1) is 11.3 Å². The van der Waals surface area contributed by atoms with Crippen molar-refractivity contribution in [1.82, 2.24) is 9.80 Å². The fourth-order valence-electron chi connectivity index (χ4n) is 3.23. The number of rotatable bonds is 7. The van der Waals surface area contributed by atoms with Crippen LogP contribution in [0.5, 0.6) is 0 Å². The smallest absolute Gasteiger partial charge is 0.434 e. The van der Waals surface area contributed by atoms with Crippen LogP contribution in [0.2, 0.25) is 0 Å². The van der Waals surface area contributed by atoms with Crippen molar-refractivity contribution in [1.29, 1.82) is 5.26 Å². The summed E-state index contributed by atoms with van der Waals surface area (Å²) < 4.78 is 79.6. The van der Waals surface area contributed by atoms with E-state index in [2.05, 4.69) is 9.73 Å². The van der Waals surface area contributed by atoms with Gasteiger partial charge in [-0.15, -0.1) is 0 Å². The number of allylic oxidation sites excluding steroid dienone is 1. The molecule has 9 nitrogen and oxygen atoms in total. The molecule has 0 unspecified atom stereocenters. The van der Waals surface area contributed by atoms with Gasteiger partial charge in [0.05, 0.1) is 11.6 Å². The van der Waals surface area contributed by atoms with E-state index in [9.17, 15) is 41.2 Å². The van der Waals surface area contributed by atoms with Crippen molar-refractivity contribution in [3.8, 4) is 6.07 Å². The molecule has 0 spiro atoms. The van der Waals surface area contributed by atoms with E-state index in [4.69, 9.17) is 10.8 Å². The summed E-state index contributed by atoms with van der Waals surface area (Å²) in [6.45, 7) is -0.366. The molecule has 1 fully saturated rings. The molecular weight excluding hydrogens is 500 g/mol. The Hall–Kier alpha value is -3.80. The Labute approximate surface area is 201 Å². The summed E-state index contributed by atoms with van der Waals surface area (Å²) in [5.74, 6) is -1.14. The van der Waals surface area contributed by atoms with Gasteiger partial charge in [-0.2, -0.15) is 31.6 Å². The van der Waals surface area contributed by atoms with E-state index in [-0.39, 0.29) is 38.4 Å². The number of hydrogen-bond acceptors (Lipinski definition) is 7. The Bertz CT molecular complexity index is 1040. The predicted molar refractivity (Wildman–Crippen MR) is 114 cm³/mol. The van der Waals surface area contributed by atoms with Gasteiger partial charge in [0.15, 0.2) is 0 Å². The maximum Gasteiger partial charge on any atom is 0.434 e. The number of carbonyl (C=O) groups excluding carboxylic acids is 1. The van der Waals surface area contributed by atoms with Crippen LogP contribution in [-0.4, -0.2) is 84.4 Å². The summed E-state index contributed by atoms with van der Waals surface area (Å²) in [5, 5.41) is 17.8. The molecule has 1 heterocycles. The van der Waals surface area contributed by atoms with Gasteiger partial charge in [0, 0.05) is 50.2 Å². The van der Waals surface area contributed by atoms with Crippen LogP contribution in [0.25, 0.3) is 5.70 Å². The molecule has 1 amide bonds. The topological polar surface area (TPSA) is 132 Å². The molecule has 0 bridgehead atoms. The highest BCUT2D eigenvalue weighted by molar-refractivity contribution is 5.85. The molecule has 1 aliphatic heterocycles. The molecule has 196 valence electrons. The van der Waals surface area contributed by atoms with Crippen LogP contribution < -0.4 is 5.73 Å². The lowest BCUT2D eigenvalue weighted by Gasteiger charge is -2.35. The summed E-state index contributed by atoms with van der Waals surface area (Å²) in [4.78, 5) is 28.7. The second-order valence-electron chi connectivity index (χ2n) is 7.60. The van der Waals surface area contributed by atoms with Gasteiger partial charge in [0.25, 0.3) is 6.10 Å². The summed E-state index contributed by atoms with van der Waals surface area (Å²) in [7, 11) is 0. The number of nitrogens with zero attached hydrogens (tertiary/aromatic N) is 4. The number of benzene rings is 1. The predicted octanol–water partition coefficient (Wildman–Crippen LogP) is 2.76. The zero-order chi connectivity index (χ0) is 27.1. The minimum Gasteiger partial charge on any atom is -0.480 e. The molecule has 2 rings (SSSR count). The van der Waals surface area contributed by atoms with E-state index < -0.39 is 37.1 Å². The van der Waals surface area contributed by atoms with Gasteiger partial charge in [-0.25, -0.2) is 4.79 Å². The van der Waals surface area contributed by atoms with Gasteiger partial charge in [0.2, 0.25) is 0 Å². The molecule has 1 aliphatic rings. The van der Waals surface area contributed by atoms with Crippen LogP contribution in [0.3, 0.4) is 0 Å². The first kappa shape index (κ1) is 28.4. The van der Waals surface area contributed by atoms with Crippen LogP contribution in [0.4, 0.5) is 31.1 Å². The Kier molecular flexibility index (Phi) is 9.29. The van der Waals surface area contributed by atoms with Crippen LogP contribution in [0.1, 0.15) is 16.7 Å². The summed E-state index contributed by atoms with van der Waals surface area (Å²) >= 11 is 0. The molecule has 0 aromatic heterocycles. The Balaban J connectivity index is 2.07. The Morgan fingerprint density at radius 1 is 1.17 bits per heavy atom. The fraction of sp³-hybridized carbons (Fsp3) is 0.429. The lowest BCUT2D eigenvalue weighted by atomic mass is 10.0. The van der Waals surface area contributed by atoms with Crippen molar-refractivity contribution in [3.63, 3.8) is 0 Å². The summed E-state index contributed by atoms with van der Waals surface area (Å²) in [5.41, 5.74) is 7.63. The normalized spacial score (nSPS) is 15.8. The maximum absolute atomic E-state index is 12.6. The molecule has 0 saturated carbocycles. The third kappa shape index (κ3) is 8.15. The number of carboxylic acids is 1. The first-order chi connectivity index (χ1) is 16.7. The number of nitrogens with two attached hydrogens (primary N) is 1. The Morgan fingerprint density at radius 2 is 1.78 bits per heavy atom. The number of halogens is 6. The van der Waals surface area contributed by atoms with E-state index in [1.165, 1.54) is 24.4 Å². The van der Waals surface area contributed by atoms with Gasteiger partial charge in [-0.1, -0.05) is 6.07 Å². The Morgan fingerprint density at radius 3 is 2.31 bits per heavy atom. The zero-order valence-electron chi connectivity index (χ0n) is 18.5. The van der Waals surface area contributed by atoms with E-state index in [1.807, 2.05) is 6.07 Å². The first-order valence-corrected chi connectivity index (χ1v) is 10.2. The first-order valence-electron chi connectivity index (χ1n) is 10.2. The van der Waals surface area contributed by atoms with Crippen molar-refractivity contribution < 1.29 is 45.8 Å². The second-order valence-corrected chi connectivity index (χ2v) is 7.60. The molecule has 15 heteroatoms. The van der Waals surface area contributed by atoms with E-state index >= 15 is 0 Å². The SMILES string of the molecule is N#Cc1ccc(CN2CCN(C(=O)OC(C(F)(F)F)C(F)(F)F)CC2)c(C(N)=CC=NCC(=O)O)c1. The summed E-state index contributed by atoms with van der Waals surface area (Å²) in [6, 6.07) is 6.63. The van der Waals surface area contributed by atoms with Gasteiger partial charge in [-0.3, -0.25) is 14.7 Å².